The zero-order chi connectivity index (χ0) is 17.8. The van der Waals surface area contributed by atoms with Gasteiger partial charge in [0.05, 0.1) is 20.3 Å². The molecule has 2 aromatic heterocycles. The fraction of sp³-hybridized carbons (Fsp3) is 0.474. The van der Waals surface area contributed by atoms with E-state index in [2.05, 4.69) is 38.0 Å². The van der Waals surface area contributed by atoms with E-state index in [1.54, 1.807) is 7.11 Å². The van der Waals surface area contributed by atoms with Crippen LogP contribution in [0.1, 0.15) is 17.0 Å². The highest BCUT2D eigenvalue weighted by Gasteiger charge is 2.21. The molecule has 4 heterocycles. The number of pyridine rings is 2. The Bertz CT molecular complexity index is 694. The summed E-state index contributed by atoms with van der Waals surface area (Å²) >= 11 is 0. The third-order valence-electron chi connectivity index (χ3n) is 4.97. The molecule has 2 saturated heterocycles. The average Bonchev–Trinajstić information content (AvgIpc) is 3.24. The maximum Gasteiger partial charge on any atom is 0.212 e. The van der Waals surface area contributed by atoms with Gasteiger partial charge in [-0.3, -0.25) is 4.90 Å². The molecule has 4 rings (SSSR count). The summed E-state index contributed by atoms with van der Waals surface area (Å²) < 4.78 is 5.11. The Labute approximate surface area is 153 Å². The minimum Gasteiger partial charge on any atom is -0.481 e. The van der Waals surface area contributed by atoms with Crippen molar-refractivity contribution in [2.45, 2.75) is 12.5 Å². The van der Waals surface area contributed by atoms with E-state index in [0.717, 1.165) is 38.5 Å². The first-order valence-electron chi connectivity index (χ1n) is 8.98. The molecule has 26 heavy (non-hydrogen) atoms. The highest BCUT2D eigenvalue weighted by Crippen LogP contribution is 2.23. The van der Waals surface area contributed by atoms with Crippen LogP contribution in [-0.4, -0.2) is 61.4 Å². The molecule has 2 aromatic rings. The van der Waals surface area contributed by atoms with E-state index >= 15 is 0 Å². The SMILES string of the molecule is COc1ccc(CN2CCN(c3ccc(C4COOC4)cn3)CC2)cn1. The van der Waals surface area contributed by atoms with Crippen LogP contribution in [-0.2, 0) is 16.3 Å². The van der Waals surface area contributed by atoms with Crippen molar-refractivity contribution in [2.75, 3.05) is 51.4 Å². The topological polar surface area (TPSA) is 60.0 Å². The van der Waals surface area contributed by atoms with E-state index in [-0.39, 0.29) is 0 Å². The fourth-order valence-electron chi connectivity index (χ4n) is 3.35. The Morgan fingerprint density at radius 3 is 2.42 bits per heavy atom. The number of piperazine rings is 1. The molecule has 0 atom stereocenters. The molecule has 0 aliphatic carbocycles. The van der Waals surface area contributed by atoms with Crippen LogP contribution in [0.25, 0.3) is 0 Å². The molecule has 0 radical (unpaired) electrons. The van der Waals surface area contributed by atoms with Crippen LogP contribution in [0.3, 0.4) is 0 Å². The van der Waals surface area contributed by atoms with E-state index in [0.29, 0.717) is 25.0 Å². The van der Waals surface area contributed by atoms with Gasteiger partial charge in [0.2, 0.25) is 5.88 Å². The smallest absolute Gasteiger partial charge is 0.212 e. The van der Waals surface area contributed by atoms with Gasteiger partial charge in [-0.15, -0.1) is 0 Å². The minimum absolute atomic E-state index is 0.298. The van der Waals surface area contributed by atoms with E-state index in [1.807, 2.05) is 18.5 Å². The number of ether oxygens (including phenoxy) is 1. The van der Waals surface area contributed by atoms with E-state index in [9.17, 15) is 0 Å². The van der Waals surface area contributed by atoms with Crippen molar-refractivity contribution in [3.8, 4) is 5.88 Å². The summed E-state index contributed by atoms with van der Waals surface area (Å²) in [6, 6.07) is 8.24. The number of hydrogen-bond acceptors (Lipinski definition) is 7. The molecule has 138 valence electrons. The van der Waals surface area contributed by atoms with E-state index in [1.165, 1.54) is 11.1 Å². The molecule has 7 heteroatoms. The van der Waals surface area contributed by atoms with Crippen LogP contribution in [0.15, 0.2) is 36.7 Å². The molecule has 0 spiro atoms. The Hall–Kier alpha value is -2.22. The maximum atomic E-state index is 5.11. The standard InChI is InChI=1S/C19H24N4O3/c1-24-19-5-2-15(10-21-19)12-22-6-8-23(9-7-22)18-4-3-16(11-20-18)17-13-25-26-14-17/h2-5,10-11,17H,6-9,12-14H2,1H3. The third-order valence-corrected chi connectivity index (χ3v) is 4.97. The zero-order valence-corrected chi connectivity index (χ0v) is 15.0. The number of anilines is 1. The van der Waals surface area contributed by atoms with Gasteiger partial charge < -0.3 is 9.64 Å². The summed E-state index contributed by atoms with van der Waals surface area (Å²) in [5.41, 5.74) is 2.39. The fourth-order valence-corrected chi connectivity index (χ4v) is 3.35. The molecular formula is C19H24N4O3. The molecule has 0 unspecified atom stereocenters. The largest absolute Gasteiger partial charge is 0.481 e. The van der Waals surface area contributed by atoms with E-state index < -0.39 is 0 Å². The molecule has 0 aromatic carbocycles. The van der Waals surface area contributed by atoms with Crippen molar-refractivity contribution in [3.05, 3.63) is 47.8 Å². The second-order valence-electron chi connectivity index (χ2n) is 6.69. The predicted molar refractivity (Wildman–Crippen MR) is 97.2 cm³/mol. The Morgan fingerprint density at radius 2 is 1.81 bits per heavy atom. The maximum absolute atomic E-state index is 5.11. The van der Waals surface area contributed by atoms with Crippen LogP contribution in [0.5, 0.6) is 5.88 Å². The van der Waals surface area contributed by atoms with Crippen molar-refractivity contribution >= 4 is 5.82 Å². The number of hydrogen-bond donors (Lipinski definition) is 0. The van der Waals surface area contributed by atoms with Gasteiger partial charge in [-0.25, -0.2) is 19.7 Å². The average molecular weight is 356 g/mol. The van der Waals surface area contributed by atoms with Crippen LogP contribution < -0.4 is 9.64 Å². The summed E-state index contributed by atoms with van der Waals surface area (Å²) in [5.74, 6) is 2.00. The lowest BCUT2D eigenvalue weighted by Crippen LogP contribution is -2.46. The van der Waals surface area contributed by atoms with E-state index in [4.69, 9.17) is 14.5 Å². The predicted octanol–water partition coefficient (Wildman–Crippen LogP) is 1.85. The highest BCUT2D eigenvalue weighted by molar-refractivity contribution is 5.40. The molecule has 0 amide bonds. The lowest BCUT2D eigenvalue weighted by molar-refractivity contribution is -0.248. The second kappa shape index (κ2) is 7.99. The molecule has 0 bridgehead atoms. The molecule has 7 nitrogen and oxygen atoms in total. The summed E-state index contributed by atoms with van der Waals surface area (Å²) in [6.07, 6.45) is 3.84. The normalized spacial score (nSPS) is 19.0. The molecule has 2 fully saturated rings. The van der Waals surface area contributed by atoms with Crippen LogP contribution >= 0.6 is 0 Å². The lowest BCUT2D eigenvalue weighted by Gasteiger charge is -2.35. The molecule has 2 aliphatic heterocycles. The summed E-state index contributed by atoms with van der Waals surface area (Å²) in [7, 11) is 1.64. The van der Waals surface area contributed by atoms with Crippen molar-refractivity contribution in [3.63, 3.8) is 0 Å². The zero-order valence-electron chi connectivity index (χ0n) is 15.0. The van der Waals surface area contributed by atoms with Gasteiger partial charge in [-0.2, -0.15) is 0 Å². The monoisotopic (exact) mass is 356 g/mol. The lowest BCUT2D eigenvalue weighted by atomic mass is 10.0. The number of rotatable bonds is 5. The first kappa shape index (κ1) is 17.2. The third kappa shape index (κ3) is 3.95. The van der Waals surface area contributed by atoms with Crippen molar-refractivity contribution < 1.29 is 14.5 Å². The first-order valence-corrected chi connectivity index (χ1v) is 8.98. The summed E-state index contributed by atoms with van der Waals surface area (Å²) in [4.78, 5) is 23.7. The molecule has 0 saturated carbocycles. The minimum atomic E-state index is 0.298. The second-order valence-corrected chi connectivity index (χ2v) is 6.69. The van der Waals surface area contributed by atoms with Gasteiger partial charge in [0.1, 0.15) is 5.82 Å². The van der Waals surface area contributed by atoms with Gasteiger partial charge in [0.25, 0.3) is 0 Å². The first-order chi connectivity index (χ1) is 12.8. The van der Waals surface area contributed by atoms with Crippen molar-refractivity contribution in [1.82, 2.24) is 14.9 Å². The van der Waals surface area contributed by atoms with Crippen LogP contribution in [0.4, 0.5) is 5.82 Å². The Kier molecular flexibility index (Phi) is 5.29. The highest BCUT2D eigenvalue weighted by atomic mass is 17.2. The molecule has 0 N–H and O–H groups in total. The van der Waals surface area contributed by atoms with Crippen LogP contribution in [0, 0.1) is 0 Å². The number of methoxy groups -OCH3 is 1. The van der Waals surface area contributed by atoms with Crippen molar-refractivity contribution in [2.24, 2.45) is 0 Å². The van der Waals surface area contributed by atoms with Crippen LogP contribution in [0.2, 0.25) is 0 Å². The number of nitrogens with zero attached hydrogens (tertiary/aromatic N) is 4. The Balaban J connectivity index is 1.30. The van der Waals surface area contributed by atoms with Gasteiger partial charge >= 0.3 is 0 Å². The summed E-state index contributed by atoms with van der Waals surface area (Å²) in [5, 5.41) is 0. The van der Waals surface area contributed by atoms with Gasteiger partial charge in [0.15, 0.2) is 0 Å². The van der Waals surface area contributed by atoms with Gasteiger partial charge in [0, 0.05) is 57.1 Å². The van der Waals surface area contributed by atoms with Gasteiger partial charge in [-0.1, -0.05) is 12.1 Å². The number of aromatic nitrogens is 2. The van der Waals surface area contributed by atoms with Gasteiger partial charge in [-0.05, 0) is 17.2 Å². The molecule has 2 aliphatic rings. The summed E-state index contributed by atoms with van der Waals surface area (Å²) in [6.45, 7) is 6.12. The quantitative estimate of drug-likeness (QED) is 0.758. The Morgan fingerprint density at radius 1 is 1.00 bits per heavy atom. The van der Waals surface area contributed by atoms with Crippen molar-refractivity contribution in [1.29, 1.82) is 0 Å². The molecular weight excluding hydrogens is 332 g/mol.